The molecule has 1 aliphatic carbocycles. The van der Waals surface area contributed by atoms with Crippen molar-refractivity contribution in [3.63, 3.8) is 0 Å². The first-order valence-electron chi connectivity index (χ1n) is 6.98. The second-order valence-electron chi connectivity index (χ2n) is 5.28. The van der Waals surface area contributed by atoms with Gasteiger partial charge in [0.2, 0.25) is 0 Å². The van der Waals surface area contributed by atoms with Crippen molar-refractivity contribution in [2.24, 2.45) is 5.92 Å². The largest absolute Gasteiger partial charge is 0.378 e. The van der Waals surface area contributed by atoms with Crippen molar-refractivity contribution < 1.29 is 13.5 Å². The highest BCUT2D eigenvalue weighted by atomic mass is 35.5. The number of hydrogen-bond donors (Lipinski definition) is 1. The number of halogens is 3. The van der Waals surface area contributed by atoms with E-state index in [9.17, 15) is 8.78 Å². The zero-order valence-electron chi connectivity index (χ0n) is 11.8. The maximum Gasteiger partial charge on any atom is 0.160 e. The summed E-state index contributed by atoms with van der Waals surface area (Å²) in [5.41, 5.74) is 0.618. The van der Waals surface area contributed by atoms with Crippen LogP contribution in [0.25, 0.3) is 0 Å². The summed E-state index contributed by atoms with van der Waals surface area (Å²) in [5, 5.41) is 3.40. The fraction of sp³-hybridized carbons (Fsp3) is 0.600. The fourth-order valence-electron chi connectivity index (χ4n) is 2.78. The van der Waals surface area contributed by atoms with Gasteiger partial charge in [-0.15, -0.1) is 0 Å². The van der Waals surface area contributed by atoms with Crippen LogP contribution in [-0.4, -0.2) is 19.8 Å². The lowest BCUT2D eigenvalue weighted by atomic mass is 9.77. The molecule has 0 spiro atoms. The third kappa shape index (κ3) is 3.48. The molecule has 1 saturated carbocycles. The van der Waals surface area contributed by atoms with E-state index in [1.807, 2.05) is 6.92 Å². The maximum atomic E-state index is 13.4. The van der Waals surface area contributed by atoms with E-state index >= 15 is 0 Å². The Bertz CT molecular complexity index is 463. The van der Waals surface area contributed by atoms with E-state index in [0.717, 1.165) is 31.9 Å². The SMILES string of the molecule is CCOC1CC(CC(NC)c2cc(F)c(F)cc2Cl)C1. The molecule has 1 aromatic rings. The molecule has 1 N–H and O–H groups in total. The minimum absolute atomic E-state index is 0.0647. The van der Waals surface area contributed by atoms with E-state index in [4.69, 9.17) is 16.3 Å². The predicted octanol–water partition coefficient (Wildman–Crippen LogP) is 4.08. The van der Waals surface area contributed by atoms with E-state index < -0.39 is 11.6 Å². The molecule has 1 atom stereocenters. The predicted molar refractivity (Wildman–Crippen MR) is 75.9 cm³/mol. The minimum Gasteiger partial charge on any atom is -0.378 e. The zero-order chi connectivity index (χ0) is 14.7. The second-order valence-corrected chi connectivity index (χ2v) is 5.69. The molecule has 1 aromatic carbocycles. The molecule has 0 bridgehead atoms. The molecule has 2 nitrogen and oxygen atoms in total. The molecule has 0 saturated heterocycles. The summed E-state index contributed by atoms with van der Waals surface area (Å²) in [6.07, 6.45) is 3.24. The normalized spacial score (nSPS) is 23.4. The molecule has 0 aromatic heterocycles. The summed E-state index contributed by atoms with van der Waals surface area (Å²) in [6, 6.07) is 2.17. The molecular formula is C15H20ClF2NO. The van der Waals surface area contributed by atoms with E-state index in [-0.39, 0.29) is 11.1 Å². The van der Waals surface area contributed by atoms with Crippen LogP contribution in [0.2, 0.25) is 5.02 Å². The monoisotopic (exact) mass is 303 g/mol. The van der Waals surface area contributed by atoms with Crippen LogP contribution in [-0.2, 0) is 4.74 Å². The van der Waals surface area contributed by atoms with Crippen molar-refractivity contribution in [1.29, 1.82) is 0 Å². The number of nitrogens with one attached hydrogen (secondary N) is 1. The van der Waals surface area contributed by atoms with E-state index in [2.05, 4.69) is 5.32 Å². The van der Waals surface area contributed by atoms with Crippen molar-refractivity contribution in [2.75, 3.05) is 13.7 Å². The molecule has 0 amide bonds. The Morgan fingerprint density at radius 3 is 2.60 bits per heavy atom. The Morgan fingerprint density at radius 2 is 2.00 bits per heavy atom. The summed E-state index contributed by atoms with van der Waals surface area (Å²) < 4.78 is 32.0. The average molecular weight is 304 g/mol. The van der Waals surface area contributed by atoms with Crippen LogP contribution in [0.5, 0.6) is 0 Å². The number of rotatable bonds is 6. The van der Waals surface area contributed by atoms with Crippen LogP contribution in [0.1, 0.15) is 37.8 Å². The molecule has 5 heteroatoms. The highest BCUT2D eigenvalue weighted by molar-refractivity contribution is 6.31. The van der Waals surface area contributed by atoms with E-state index in [1.54, 1.807) is 7.05 Å². The second kappa shape index (κ2) is 6.83. The Kier molecular flexibility index (Phi) is 5.35. The van der Waals surface area contributed by atoms with Gasteiger partial charge in [0, 0.05) is 17.7 Å². The Morgan fingerprint density at radius 1 is 1.35 bits per heavy atom. The summed E-state index contributed by atoms with van der Waals surface area (Å²) in [7, 11) is 1.81. The summed E-state index contributed by atoms with van der Waals surface area (Å²) >= 11 is 6.03. The molecule has 0 aliphatic heterocycles. The highest BCUT2D eigenvalue weighted by Crippen LogP contribution is 2.38. The van der Waals surface area contributed by atoms with Crippen molar-refractivity contribution in [3.8, 4) is 0 Å². The molecule has 0 radical (unpaired) electrons. The zero-order valence-corrected chi connectivity index (χ0v) is 12.5. The highest BCUT2D eigenvalue weighted by Gasteiger charge is 2.32. The molecule has 0 heterocycles. The van der Waals surface area contributed by atoms with Crippen LogP contribution in [0, 0.1) is 17.6 Å². The van der Waals surface area contributed by atoms with Crippen molar-refractivity contribution >= 4 is 11.6 Å². The third-order valence-corrected chi connectivity index (χ3v) is 4.25. The lowest BCUT2D eigenvalue weighted by Gasteiger charge is -2.37. The van der Waals surface area contributed by atoms with Gasteiger partial charge in [0.25, 0.3) is 0 Å². The van der Waals surface area contributed by atoms with Gasteiger partial charge in [-0.2, -0.15) is 0 Å². The molecule has 2 rings (SSSR count). The van der Waals surface area contributed by atoms with Crippen LogP contribution in [0.3, 0.4) is 0 Å². The van der Waals surface area contributed by atoms with Crippen molar-refractivity contribution in [2.45, 2.75) is 38.3 Å². The Labute approximate surface area is 123 Å². The fourth-order valence-corrected chi connectivity index (χ4v) is 3.06. The van der Waals surface area contributed by atoms with Crippen molar-refractivity contribution in [3.05, 3.63) is 34.4 Å². The number of hydrogen-bond acceptors (Lipinski definition) is 2. The Balaban J connectivity index is 2.01. The van der Waals surface area contributed by atoms with Crippen LogP contribution in [0.4, 0.5) is 8.78 Å². The first kappa shape index (κ1) is 15.7. The first-order valence-corrected chi connectivity index (χ1v) is 7.36. The average Bonchev–Trinajstić information content (AvgIpc) is 2.37. The van der Waals surface area contributed by atoms with E-state index in [0.29, 0.717) is 17.6 Å². The quantitative estimate of drug-likeness (QED) is 0.799. The third-order valence-electron chi connectivity index (χ3n) is 3.93. The molecule has 20 heavy (non-hydrogen) atoms. The van der Waals surface area contributed by atoms with Crippen LogP contribution >= 0.6 is 11.6 Å². The first-order chi connectivity index (χ1) is 9.55. The van der Waals surface area contributed by atoms with Gasteiger partial charge in [0.15, 0.2) is 11.6 Å². The van der Waals surface area contributed by atoms with Gasteiger partial charge in [-0.25, -0.2) is 8.78 Å². The molecular weight excluding hydrogens is 284 g/mol. The number of benzene rings is 1. The van der Waals surface area contributed by atoms with Crippen LogP contribution in [0.15, 0.2) is 12.1 Å². The van der Waals surface area contributed by atoms with Crippen LogP contribution < -0.4 is 5.32 Å². The topological polar surface area (TPSA) is 21.3 Å². The van der Waals surface area contributed by atoms with E-state index in [1.165, 1.54) is 6.07 Å². The minimum atomic E-state index is -0.909. The van der Waals surface area contributed by atoms with Crippen molar-refractivity contribution in [1.82, 2.24) is 5.32 Å². The molecule has 1 unspecified atom stereocenters. The van der Waals surface area contributed by atoms with Gasteiger partial charge in [-0.1, -0.05) is 11.6 Å². The van der Waals surface area contributed by atoms with Gasteiger partial charge in [-0.05, 0) is 56.8 Å². The summed E-state index contributed by atoms with van der Waals surface area (Å²) in [4.78, 5) is 0. The van der Waals surface area contributed by atoms with Gasteiger partial charge < -0.3 is 10.1 Å². The maximum absolute atomic E-state index is 13.4. The van der Waals surface area contributed by atoms with Gasteiger partial charge in [0.05, 0.1) is 6.10 Å². The standard InChI is InChI=1S/C15H20ClF2NO/c1-3-20-10-4-9(5-10)6-15(19-2)11-7-13(17)14(18)8-12(11)16/h7-10,15,19H,3-6H2,1-2H3. The molecule has 1 fully saturated rings. The Hall–Kier alpha value is -0.710. The van der Waals surface area contributed by atoms with Gasteiger partial charge in [0.1, 0.15) is 0 Å². The lowest BCUT2D eigenvalue weighted by molar-refractivity contribution is -0.0289. The van der Waals surface area contributed by atoms with Gasteiger partial charge in [-0.3, -0.25) is 0 Å². The number of ether oxygens (including phenoxy) is 1. The molecule has 112 valence electrons. The smallest absolute Gasteiger partial charge is 0.160 e. The lowest BCUT2D eigenvalue weighted by Crippen LogP contribution is -2.34. The van der Waals surface area contributed by atoms with Gasteiger partial charge >= 0.3 is 0 Å². The summed E-state index contributed by atoms with van der Waals surface area (Å²) in [6.45, 7) is 2.73. The molecule has 1 aliphatic rings. The summed E-state index contributed by atoms with van der Waals surface area (Å²) in [5.74, 6) is -1.23.